The molecule has 2 heterocycles. The summed E-state index contributed by atoms with van der Waals surface area (Å²) in [5.41, 5.74) is 5.09. The van der Waals surface area contributed by atoms with Crippen molar-refractivity contribution in [2.24, 2.45) is 0 Å². The molecule has 0 saturated carbocycles. The molecule has 1 N–H and O–H groups in total. The highest BCUT2D eigenvalue weighted by Gasteiger charge is 2.16. The van der Waals surface area contributed by atoms with E-state index in [1.165, 1.54) is 35.4 Å². The Labute approximate surface area is 121 Å². The van der Waals surface area contributed by atoms with Gasteiger partial charge in [-0.25, -0.2) is 0 Å². The lowest BCUT2D eigenvalue weighted by molar-refractivity contribution is 0.454. The van der Waals surface area contributed by atoms with E-state index in [4.69, 9.17) is 4.98 Å². The molecule has 0 amide bonds. The van der Waals surface area contributed by atoms with Crippen molar-refractivity contribution in [1.29, 1.82) is 0 Å². The van der Waals surface area contributed by atoms with Gasteiger partial charge in [-0.05, 0) is 44.0 Å². The average Bonchev–Trinajstić information content (AvgIpc) is 2.48. The van der Waals surface area contributed by atoms with E-state index in [0.717, 1.165) is 19.5 Å². The van der Waals surface area contributed by atoms with Gasteiger partial charge >= 0.3 is 0 Å². The maximum Gasteiger partial charge on any atom is 0.0450 e. The third-order valence-corrected chi connectivity index (χ3v) is 4.01. The highest BCUT2D eigenvalue weighted by atomic mass is 14.9. The molecule has 1 atom stereocenters. The number of rotatable bonds is 3. The van der Waals surface area contributed by atoms with Crippen LogP contribution in [-0.4, -0.2) is 18.1 Å². The first-order chi connectivity index (χ1) is 9.81. The second kappa shape index (κ2) is 6.19. The van der Waals surface area contributed by atoms with Crippen molar-refractivity contribution in [2.75, 3.05) is 13.1 Å². The van der Waals surface area contributed by atoms with Crippen LogP contribution in [0.15, 0.2) is 42.5 Å². The Bertz CT molecular complexity index is 571. The van der Waals surface area contributed by atoms with Crippen LogP contribution in [0, 0.1) is 6.92 Å². The number of nitrogens with one attached hydrogen (secondary N) is 1. The van der Waals surface area contributed by atoms with Gasteiger partial charge in [0, 0.05) is 30.3 Å². The molecule has 1 aromatic heterocycles. The van der Waals surface area contributed by atoms with Crippen LogP contribution in [0.2, 0.25) is 0 Å². The van der Waals surface area contributed by atoms with Crippen molar-refractivity contribution in [3.8, 4) is 0 Å². The van der Waals surface area contributed by atoms with Gasteiger partial charge in [-0.3, -0.25) is 4.98 Å². The summed E-state index contributed by atoms with van der Waals surface area (Å²) < 4.78 is 0. The molecule has 0 spiro atoms. The van der Waals surface area contributed by atoms with E-state index in [0.29, 0.717) is 5.92 Å². The first kappa shape index (κ1) is 13.3. The standard InChI is InChI=1S/C18H22N2/c1-14-5-2-6-15(11-14)12-17-8-3-9-18(20-17)16-7-4-10-19-13-16/h2-3,5-6,8-9,11,16,19H,4,7,10,12-13H2,1H3/t16-/m0/s1. The van der Waals surface area contributed by atoms with Crippen LogP contribution in [0.1, 0.15) is 41.3 Å². The van der Waals surface area contributed by atoms with Crippen LogP contribution in [0.25, 0.3) is 0 Å². The molecule has 3 rings (SSSR count). The molecule has 1 aliphatic rings. The van der Waals surface area contributed by atoms with E-state index in [1.807, 2.05) is 0 Å². The van der Waals surface area contributed by atoms with Crippen LogP contribution in [0.3, 0.4) is 0 Å². The van der Waals surface area contributed by atoms with Crippen molar-refractivity contribution in [3.05, 3.63) is 65.0 Å². The number of nitrogens with zero attached hydrogens (tertiary/aromatic N) is 1. The highest BCUT2D eigenvalue weighted by Crippen LogP contribution is 2.22. The summed E-state index contributed by atoms with van der Waals surface area (Å²) in [5, 5.41) is 3.47. The molecule has 0 bridgehead atoms. The zero-order chi connectivity index (χ0) is 13.8. The van der Waals surface area contributed by atoms with Crippen molar-refractivity contribution in [2.45, 2.75) is 32.1 Å². The van der Waals surface area contributed by atoms with E-state index < -0.39 is 0 Å². The van der Waals surface area contributed by atoms with Gasteiger partial charge in [-0.15, -0.1) is 0 Å². The van der Waals surface area contributed by atoms with E-state index in [2.05, 4.69) is 54.7 Å². The Morgan fingerprint density at radius 1 is 1.20 bits per heavy atom. The number of hydrogen-bond donors (Lipinski definition) is 1. The molecule has 0 aliphatic carbocycles. The molecule has 2 aromatic rings. The third kappa shape index (κ3) is 3.26. The fourth-order valence-corrected chi connectivity index (χ4v) is 2.96. The largest absolute Gasteiger partial charge is 0.316 e. The Morgan fingerprint density at radius 2 is 2.10 bits per heavy atom. The summed E-state index contributed by atoms with van der Waals surface area (Å²) in [7, 11) is 0. The lowest BCUT2D eigenvalue weighted by atomic mass is 9.95. The Kier molecular flexibility index (Phi) is 4.12. The van der Waals surface area contributed by atoms with Crippen molar-refractivity contribution in [3.63, 3.8) is 0 Å². The predicted molar refractivity (Wildman–Crippen MR) is 83.1 cm³/mol. The molecule has 1 aliphatic heterocycles. The summed E-state index contributed by atoms with van der Waals surface area (Å²) in [6.07, 6.45) is 3.44. The van der Waals surface area contributed by atoms with Gasteiger partial charge in [0.25, 0.3) is 0 Å². The van der Waals surface area contributed by atoms with Gasteiger partial charge in [0.15, 0.2) is 0 Å². The highest BCUT2D eigenvalue weighted by molar-refractivity contribution is 5.27. The molecule has 2 heteroatoms. The number of aromatic nitrogens is 1. The topological polar surface area (TPSA) is 24.9 Å². The summed E-state index contributed by atoms with van der Waals surface area (Å²) >= 11 is 0. The average molecular weight is 266 g/mol. The van der Waals surface area contributed by atoms with Crippen LogP contribution in [0.5, 0.6) is 0 Å². The summed E-state index contributed by atoms with van der Waals surface area (Å²) in [6, 6.07) is 15.2. The Morgan fingerprint density at radius 3 is 2.90 bits per heavy atom. The maximum absolute atomic E-state index is 4.88. The Balaban J connectivity index is 1.77. The minimum absolute atomic E-state index is 0.584. The third-order valence-electron chi connectivity index (χ3n) is 4.01. The SMILES string of the molecule is Cc1cccc(Cc2cccc([C@H]3CCCNC3)n2)c1. The number of pyridine rings is 1. The van der Waals surface area contributed by atoms with Gasteiger partial charge in [0.2, 0.25) is 0 Å². The van der Waals surface area contributed by atoms with E-state index >= 15 is 0 Å². The fourth-order valence-electron chi connectivity index (χ4n) is 2.96. The van der Waals surface area contributed by atoms with Crippen LogP contribution < -0.4 is 5.32 Å². The van der Waals surface area contributed by atoms with Gasteiger partial charge in [0.1, 0.15) is 0 Å². The smallest absolute Gasteiger partial charge is 0.0450 e. The Hall–Kier alpha value is -1.67. The monoisotopic (exact) mass is 266 g/mol. The molecule has 20 heavy (non-hydrogen) atoms. The lowest BCUT2D eigenvalue weighted by Gasteiger charge is -2.22. The van der Waals surface area contributed by atoms with Crippen molar-refractivity contribution in [1.82, 2.24) is 10.3 Å². The van der Waals surface area contributed by atoms with Gasteiger partial charge in [-0.2, -0.15) is 0 Å². The van der Waals surface area contributed by atoms with Crippen molar-refractivity contribution >= 4 is 0 Å². The lowest BCUT2D eigenvalue weighted by Crippen LogP contribution is -2.28. The zero-order valence-electron chi connectivity index (χ0n) is 12.1. The van der Waals surface area contributed by atoms with Gasteiger partial charge in [0.05, 0.1) is 0 Å². The van der Waals surface area contributed by atoms with E-state index in [9.17, 15) is 0 Å². The first-order valence-corrected chi connectivity index (χ1v) is 7.53. The minimum atomic E-state index is 0.584. The number of hydrogen-bond acceptors (Lipinski definition) is 2. The van der Waals surface area contributed by atoms with Crippen LogP contribution >= 0.6 is 0 Å². The molecular weight excluding hydrogens is 244 g/mol. The summed E-state index contributed by atoms with van der Waals surface area (Å²) in [4.78, 5) is 4.88. The minimum Gasteiger partial charge on any atom is -0.316 e. The van der Waals surface area contributed by atoms with E-state index in [-0.39, 0.29) is 0 Å². The second-order valence-corrected chi connectivity index (χ2v) is 5.76. The van der Waals surface area contributed by atoms with Crippen LogP contribution in [-0.2, 0) is 6.42 Å². The maximum atomic E-state index is 4.88. The van der Waals surface area contributed by atoms with E-state index in [1.54, 1.807) is 0 Å². The molecule has 1 aromatic carbocycles. The molecular formula is C18H22N2. The summed E-state index contributed by atoms with van der Waals surface area (Å²) in [5.74, 6) is 0.584. The predicted octanol–water partition coefficient (Wildman–Crippen LogP) is 3.45. The van der Waals surface area contributed by atoms with Gasteiger partial charge < -0.3 is 5.32 Å². The number of piperidine rings is 1. The normalized spacial score (nSPS) is 18.9. The summed E-state index contributed by atoms with van der Waals surface area (Å²) in [6.45, 7) is 4.36. The molecule has 0 unspecified atom stereocenters. The first-order valence-electron chi connectivity index (χ1n) is 7.53. The van der Waals surface area contributed by atoms with Crippen molar-refractivity contribution < 1.29 is 0 Å². The molecule has 1 saturated heterocycles. The van der Waals surface area contributed by atoms with Gasteiger partial charge in [-0.1, -0.05) is 35.9 Å². The zero-order valence-corrected chi connectivity index (χ0v) is 12.1. The molecule has 0 radical (unpaired) electrons. The number of benzene rings is 1. The quantitative estimate of drug-likeness (QED) is 0.920. The number of aryl methyl sites for hydroxylation is 1. The molecule has 1 fully saturated rings. The van der Waals surface area contributed by atoms with Crippen LogP contribution in [0.4, 0.5) is 0 Å². The molecule has 2 nitrogen and oxygen atoms in total. The second-order valence-electron chi connectivity index (χ2n) is 5.76. The fraction of sp³-hybridized carbons (Fsp3) is 0.389. The molecule has 104 valence electrons.